The predicted octanol–water partition coefficient (Wildman–Crippen LogP) is -1.09. The molecule has 0 aromatic heterocycles. The monoisotopic (exact) mass is 521 g/mol. The van der Waals surface area contributed by atoms with Gasteiger partial charge in [0.1, 0.15) is 23.9 Å². The number of benzene rings is 1. The predicted molar refractivity (Wildman–Crippen MR) is 131 cm³/mol. The van der Waals surface area contributed by atoms with Crippen LogP contribution in [-0.2, 0) is 30.4 Å². The second-order valence-electron chi connectivity index (χ2n) is 9.01. The summed E-state index contributed by atoms with van der Waals surface area (Å²) in [6.07, 6.45) is 1.48. The number of unbranched alkanes of at least 4 members (excludes halogenated alkanes) is 1. The number of carbonyl (C=O) groups excluding carboxylic acids is 3. The molecule has 0 bridgehead atoms. The number of nitrogens with zero attached hydrogens (tertiary/aromatic N) is 1. The van der Waals surface area contributed by atoms with Crippen LogP contribution >= 0.6 is 0 Å². The third kappa shape index (κ3) is 9.03. The van der Waals surface area contributed by atoms with E-state index < -0.39 is 60.2 Å². The maximum Gasteiger partial charge on any atom is 0.326 e. The van der Waals surface area contributed by atoms with Crippen molar-refractivity contribution in [3.63, 3.8) is 0 Å². The van der Waals surface area contributed by atoms with Crippen molar-refractivity contribution in [2.45, 2.75) is 69.1 Å². The number of phenolic OH excluding ortho intramolecular Hbond substituents is 1. The van der Waals surface area contributed by atoms with Gasteiger partial charge in [-0.05, 0) is 49.9 Å². The molecule has 4 atom stereocenters. The zero-order valence-electron chi connectivity index (χ0n) is 20.5. The molecule has 4 unspecified atom stereocenters. The van der Waals surface area contributed by atoms with E-state index in [0.717, 1.165) is 0 Å². The number of amides is 3. The highest BCUT2D eigenvalue weighted by molar-refractivity contribution is 5.96. The molecule has 9 N–H and O–H groups in total. The zero-order valence-corrected chi connectivity index (χ0v) is 20.5. The van der Waals surface area contributed by atoms with Gasteiger partial charge in [-0.1, -0.05) is 18.6 Å². The number of nitrogens with two attached hydrogens (primary N) is 2. The summed E-state index contributed by atoms with van der Waals surface area (Å²) in [4.78, 5) is 63.0. The highest BCUT2D eigenvalue weighted by Crippen LogP contribution is 2.20. The lowest BCUT2D eigenvalue weighted by Gasteiger charge is -2.29. The molecule has 0 spiro atoms. The van der Waals surface area contributed by atoms with Gasteiger partial charge in [0.05, 0.1) is 12.5 Å². The van der Waals surface area contributed by atoms with Crippen LogP contribution in [0.5, 0.6) is 5.75 Å². The van der Waals surface area contributed by atoms with Crippen LogP contribution in [0.4, 0.5) is 0 Å². The van der Waals surface area contributed by atoms with Crippen molar-refractivity contribution in [2.24, 2.45) is 11.5 Å². The summed E-state index contributed by atoms with van der Waals surface area (Å²) in [7, 11) is 0. The molecular weight excluding hydrogens is 486 g/mol. The number of aliphatic carboxylic acids is 2. The van der Waals surface area contributed by atoms with Crippen molar-refractivity contribution in [2.75, 3.05) is 13.1 Å². The molecule has 204 valence electrons. The number of carboxylic acid groups (broad SMARTS) is 2. The van der Waals surface area contributed by atoms with Crippen LogP contribution in [0.2, 0.25) is 0 Å². The maximum atomic E-state index is 13.2. The van der Waals surface area contributed by atoms with Gasteiger partial charge in [0, 0.05) is 13.0 Å². The van der Waals surface area contributed by atoms with Crippen LogP contribution in [0.25, 0.3) is 0 Å². The first-order valence-electron chi connectivity index (χ1n) is 12.1. The average molecular weight is 522 g/mol. The number of carboxylic acids is 2. The Hall–Kier alpha value is -3.71. The fourth-order valence-electron chi connectivity index (χ4n) is 4.13. The Morgan fingerprint density at radius 2 is 1.70 bits per heavy atom. The molecule has 1 heterocycles. The number of aromatic hydroxyl groups is 1. The molecule has 3 amide bonds. The lowest BCUT2D eigenvalue weighted by atomic mass is 10.0. The molecule has 37 heavy (non-hydrogen) atoms. The topological polar surface area (TPSA) is 225 Å². The number of hydrogen-bond donors (Lipinski definition) is 7. The van der Waals surface area contributed by atoms with Gasteiger partial charge in [-0.2, -0.15) is 0 Å². The lowest BCUT2D eigenvalue weighted by molar-refractivity contribution is -0.147. The summed E-state index contributed by atoms with van der Waals surface area (Å²) in [5, 5.41) is 33.1. The van der Waals surface area contributed by atoms with Gasteiger partial charge in [-0.25, -0.2) is 4.79 Å². The first kappa shape index (κ1) is 29.5. The zero-order chi connectivity index (χ0) is 27.5. The average Bonchev–Trinajstić information content (AvgIpc) is 3.34. The minimum atomic E-state index is -1.44. The summed E-state index contributed by atoms with van der Waals surface area (Å²) < 4.78 is 0. The fourth-order valence-corrected chi connectivity index (χ4v) is 4.13. The van der Waals surface area contributed by atoms with E-state index in [1.807, 2.05) is 0 Å². The minimum Gasteiger partial charge on any atom is -0.508 e. The minimum absolute atomic E-state index is 0.0132. The standard InChI is InChI=1S/C24H35N5O8/c25-10-2-1-4-16(26)21(33)27-17(13-20(31)32)23(35)29-11-3-5-19(29)22(34)28-18(24(36)37)12-14-6-8-15(30)9-7-14/h6-9,16-19,30H,1-5,10-13,25-26H2,(H,27,33)(H,28,34)(H,31,32)(H,36,37). The van der Waals surface area contributed by atoms with Crippen LogP contribution in [0.1, 0.15) is 44.1 Å². The first-order valence-corrected chi connectivity index (χ1v) is 12.1. The van der Waals surface area contributed by atoms with Gasteiger partial charge in [0.25, 0.3) is 0 Å². The van der Waals surface area contributed by atoms with Gasteiger partial charge < -0.3 is 42.3 Å². The van der Waals surface area contributed by atoms with E-state index in [-0.39, 0.29) is 25.1 Å². The van der Waals surface area contributed by atoms with Crippen molar-refractivity contribution in [1.29, 1.82) is 0 Å². The largest absolute Gasteiger partial charge is 0.508 e. The molecule has 1 saturated heterocycles. The normalized spacial score (nSPS) is 17.5. The Morgan fingerprint density at radius 3 is 2.30 bits per heavy atom. The van der Waals surface area contributed by atoms with Crippen LogP contribution < -0.4 is 22.1 Å². The Kier molecular flexibility index (Phi) is 11.3. The smallest absolute Gasteiger partial charge is 0.326 e. The van der Waals surface area contributed by atoms with E-state index in [1.165, 1.54) is 29.2 Å². The molecule has 1 aromatic carbocycles. The van der Waals surface area contributed by atoms with Crippen LogP contribution in [-0.4, -0.2) is 87.1 Å². The summed E-state index contributed by atoms with van der Waals surface area (Å²) in [5.74, 6) is -4.73. The number of phenols is 1. The molecule has 0 saturated carbocycles. The molecule has 1 fully saturated rings. The third-order valence-corrected chi connectivity index (χ3v) is 6.13. The second-order valence-corrected chi connectivity index (χ2v) is 9.01. The van der Waals surface area contributed by atoms with Crippen LogP contribution in [0, 0.1) is 0 Å². The lowest BCUT2D eigenvalue weighted by Crippen LogP contribution is -2.57. The van der Waals surface area contributed by atoms with E-state index in [0.29, 0.717) is 37.8 Å². The number of carbonyl (C=O) groups is 5. The Morgan fingerprint density at radius 1 is 1.03 bits per heavy atom. The van der Waals surface area contributed by atoms with Crippen molar-refractivity contribution < 1.29 is 39.3 Å². The second kappa shape index (κ2) is 14.1. The summed E-state index contributed by atoms with van der Waals surface area (Å²) in [6, 6.07) is 1.14. The van der Waals surface area contributed by atoms with Crippen molar-refractivity contribution in [1.82, 2.24) is 15.5 Å². The van der Waals surface area contributed by atoms with E-state index >= 15 is 0 Å². The summed E-state index contributed by atoms with van der Waals surface area (Å²) in [5.41, 5.74) is 11.9. The highest BCUT2D eigenvalue weighted by Gasteiger charge is 2.39. The number of rotatable bonds is 14. The first-order chi connectivity index (χ1) is 17.5. The van der Waals surface area contributed by atoms with Crippen molar-refractivity contribution >= 4 is 29.7 Å². The number of likely N-dealkylation sites (tertiary alicyclic amines) is 1. The quantitative estimate of drug-likeness (QED) is 0.146. The van der Waals surface area contributed by atoms with Crippen LogP contribution in [0.3, 0.4) is 0 Å². The molecular formula is C24H35N5O8. The number of hydrogen-bond acceptors (Lipinski definition) is 8. The number of nitrogens with one attached hydrogen (secondary N) is 2. The molecule has 0 aliphatic carbocycles. The highest BCUT2D eigenvalue weighted by atomic mass is 16.4. The molecule has 0 radical (unpaired) electrons. The summed E-state index contributed by atoms with van der Waals surface area (Å²) in [6.45, 7) is 0.575. The van der Waals surface area contributed by atoms with E-state index in [4.69, 9.17) is 11.5 Å². The summed E-state index contributed by atoms with van der Waals surface area (Å²) >= 11 is 0. The molecule has 13 heteroatoms. The van der Waals surface area contributed by atoms with E-state index in [2.05, 4.69) is 10.6 Å². The van der Waals surface area contributed by atoms with Crippen molar-refractivity contribution in [3.05, 3.63) is 29.8 Å². The van der Waals surface area contributed by atoms with E-state index in [9.17, 15) is 39.3 Å². The third-order valence-electron chi connectivity index (χ3n) is 6.13. The molecule has 1 aliphatic rings. The molecule has 1 aliphatic heterocycles. The molecule has 2 rings (SSSR count). The van der Waals surface area contributed by atoms with E-state index in [1.54, 1.807) is 0 Å². The van der Waals surface area contributed by atoms with Gasteiger partial charge in [0.2, 0.25) is 17.7 Å². The van der Waals surface area contributed by atoms with Crippen molar-refractivity contribution in [3.8, 4) is 5.75 Å². The van der Waals surface area contributed by atoms with Gasteiger partial charge in [-0.3, -0.25) is 19.2 Å². The Balaban J connectivity index is 2.09. The molecule has 1 aromatic rings. The van der Waals surface area contributed by atoms with Gasteiger partial charge in [-0.15, -0.1) is 0 Å². The maximum absolute atomic E-state index is 13.2. The Bertz CT molecular complexity index is 970. The Labute approximate surface area is 214 Å². The molecule has 13 nitrogen and oxygen atoms in total. The van der Waals surface area contributed by atoms with Crippen LogP contribution in [0.15, 0.2) is 24.3 Å². The SMILES string of the molecule is NCCCCC(N)C(=O)NC(CC(=O)O)C(=O)N1CCCC1C(=O)NC(Cc1ccc(O)cc1)C(=O)O. The fraction of sp³-hybridized carbons (Fsp3) is 0.542. The van der Waals surface area contributed by atoms with Gasteiger partial charge >= 0.3 is 11.9 Å². The van der Waals surface area contributed by atoms with Gasteiger partial charge in [0.15, 0.2) is 0 Å².